The highest BCUT2D eigenvalue weighted by molar-refractivity contribution is 7.15. The predicted molar refractivity (Wildman–Crippen MR) is 112 cm³/mol. The van der Waals surface area contributed by atoms with Gasteiger partial charge in [0.15, 0.2) is 5.13 Å². The van der Waals surface area contributed by atoms with Crippen molar-refractivity contribution >= 4 is 45.6 Å². The van der Waals surface area contributed by atoms with Gasteiger partial charge in [-0.1, -0.05) is 24.1 Å². The highest BCUT2D eigenvalue weighted by atomic mass is 35.5. The van der Waals surface area contributed by atoms with Crippen LogP contribution in [0.3, 0.4) is 0 Å². The molecule has 0 radical (unpaired) electrons. The molecular weight excluding hydrogens is 396 g/mol. The molecule has 2 N–H and O–H groups in total. The van der Waals surface area contributed by atoms with E-state index in [4.69, 9.17) is 11.6 Å². The first kappa shape index (κ1) is 19.4. The van der Waals surface area contributed by atoms with Gasteiger partial charge in [-0.2, -0.15) is 0 Å². The Labute approximate surface area is 173 Å². The quantitative estimate of drug-likeness (QED) is 0.773. The molecule has 148 valence electrons. The van der Waals surface area contributed by atoms with E-state index in [2.05, 4.69) is 20.5 Å². The first-order valence-electron chi connectivity index (χ1n) is 9.56. The Hall–Kier alpha value is -1.96. The summed E-state index contributed by atoms with van der Waals surface area (Å²) in [5.74, 6) is 0.174. The van der Waals surface area contributed by atoms with Crippen LogP contribution in [0.15, 0.2) is 18.2 Å². The van der Waals surface area contributed by atoms with Crippen LogP contribution >= 0.6 is 22.9 Å². The highest BCUT2D eigenvalue weighted by Crippen LogP contribution is 2.31. The molecule has 0 unspecified atom stereocenters. The summed E-state index contributed by atoms with van der Waals surface area (Å²) in [6.45, 7) is 3.69. The van der Waals surface area contributed by atoms with E-state index < -0.39 is 0 Å². The third-order valence-electron chi connectivity index (χ3n) is 5.34. The Morgan fingerprint density at radius 1 is 1.32 bits per heavy atom. The lowest BCUT2D eigenvalue weighted by Crippen LogP contribution is -2.36. The minimum atomic E-state index is -0.0635. The maximum atomic E-state index is 12.4. The van der Waals surface area contributed by atoms with Crippen LogP contribution in [-0.2, 0) is 22.6 Å². The molecule has 1 aromatic heterocycles. The monoisotopic (exact) mass is 418 g/mol. The number of carbonyl (C=O) groups is 2. The van der Waals surface area contributed by atoms with E-state index in [1.54, 1.807) is 6.07 Å². The molecule has 1 aliphatic heterocycles. The first-order valence-corrected chi connectivity index (χ1v) is 10.7. The number of fused-ring (bicyclic) bond motifs is 1. The molecule has 1 aliphatic carbocycles. The number of benzene rings is 1. The van der Waals surface area contributed by atoms with Gasteiger partial charge < -0.3 is 10.6 Å². The van der Waals surface area contributed by atoms with E-state index in [0.717, 1.165) is 48.4 Å². The number of nitrogens with one attached hydrogen (secondary N) is 2. The van der Waals surface area contributed by atoms with Crippen LogP contribution in [0.25, 0.3) is 0 Å². The van der Waals surface area contributed by atoms with Crippen LogP contribution in [-0.4, -0.2) is 34.8 Å². The van der Waals surface area contributed by atoms with Gasteiger partial charge in [0.2, 0.25) is 11.8 Å². The predicted octanol–water partition coefficient (Wildman–Crippen LogP) is 3.84. The van der Waals surface area contributed by atoms with Crippen molar-refractivity contribution in [1.82, 2.24) is 9.88 Å². The fraction of sp³-hybridized carbons (Fsp3) is 0.450. The number of nitrogens with zero attached hydrogens (tertiary/aromatic N) is 2. The van der Waals surface area contributed by atoms with Crippen LogP contribution in [0.4, 0.5) is 10.8 Å². The van der Waals surface area contributed by atoms with Crippen LogP contribution in [0.5, 0.6) is 0 Å². The molecule has 2 heterocycles. The number of carbonyl (C=O) groups excluding carboxylic acids is 2. The van der Waals surface area contributed by atoms with Gasteiger partial charge >= 0.3 is 0 Å². The molecule has 2 aliphatic rings. The lowest BCUT2D eigenvalue weighted by atomic mass is 9.85. The highest BCUT2D eigenvalue weighted by Gasteiger charge is 2.27. The largest absolute Gasteiger partial charge is 0.325 e. The topological polar surface area (TPSA) is 74.3 Å². The fourth-order valence-electron chi connectivity index (χ4n) is 3.39. The zero-order valence-corrected chi connectivity index (χ0v) is 17.3. The summed E-state index contributed by atoms with van der Waals surface area (Å²) in [5, 5.41) is 7.18. The molecular formula is C20H23ClN4O2S. The lowest BCUT2D eigenvalue weighted by Gasteiger charge is -2.25. The Balaban J connectivity index is 1.32. The third-order valence-corrected chi connectivity index (χ3v) is 6.74. The van der Waals surface area contributed by atoms with Crippen molar-refractivity contribution in [2.45, 2.75) is 39.2 Å². The number of anilines is 2. The molecule has 1 aromatic carbocycles. The van der Waals surface area contributed by atoms with Gasteiger partial charge in [-0.15, -0.1) is 11.3 Å². The molecule has 28 heavy (non-hydrogen) atoms. The molecule has 0 spiro atoms. The average Bonchev–Trinajstić information content (AvgIpc) is 2.97. The second-order valence-electron chi connectivity index (χ2n) is 7.48. The standard InChI is InChI=1S/C20H23ClN4O2S/c1-12-5-6-14(9-15(12)21)22-18(26)11-25-8-7-16-17(10-25)28-20(23-16)24-19(27)13-3-2-4-13/h5-6,9,13H,2-4,7-8,10-11H2,1H3,(H,22,26)(H,23,24,27). The molecule has 0 saturated heterocycles. The number of rotatable bonds is 5. The fourth-order valence-corrected chi connectivity index (χ4v) is 4.62. The normalized spacial score (nSPS) is 16.9. The Morgan fingerprint density at radius 3 is 2.86 bits per heavy atom. The summed E-state index contributed by atoms with van der Waals surface area (Å²) in [7, 11) is 0. The maximum absolute atomic E-state index is 12.4. The van der Waals surface area contributed by atoms with E-state index in [-0.39, 0.29) is 17.7 Å². The van der Waals surface area contributed by atoms with Crippen LogP contribution in [0.1, 0.15) is 35.4 Å². The Bertz CT molecular complexity index is 910. The molecule has 8 heteroatoms. The van der Waals surface area contributed by atoms with Crippen LogP contribution < -0.4 is 10.6 Å². The lowest BCUT2D eigenvalue weighted by molar-refractivity contribution is -0.122. The van der Waals surface area contributed by atoms with Crippen molar-refractivity contribution in [2.24, 2.45) is 5.92 Å². The van der Waals surface area contributed by atoms with E-state index in [1.807, 2.05) is 19.1 Å². The number of hydrogen-bond acceptors (Lipinski definition) is 5. The summed E-state index contributed by atoms with van der Waals surface area (Å²) < 4.78 is 0. The van der Waals surface area contributed by atoms with Crippen LogP contribution in [0.2, 0.25) is 5.02 Å². The van der Waals surface area contributed by atoms with E-state index in [9.17, 15) is 9.59 Å². The molecule has 2 amide bonds. The zero-order valence-electron chi connectivity index (χ0n) is 15.8. The smallest absolute Gasteiger partial charge is 0.238 e. The van der Waals surface area contributed by atoms with Crippen molar-refractivity contribution in [1.29, 1.82) is 0 Å². The molecule has 2 aromatic rings. The molecule has 0 bridgehead atoms. The van der Waals surface area contributed by atoms with Crippen molar-refractivity contribution < 1.29 is 9.59 Å². The van der Waals surface area contributed by atoms with Gasteiger partial charge in [-0.25, -0.2) is 4.98 Å². The van der Waals surface area contributed by atoms with Gasteiger partial charge in [0.05, 0.1) is 12.2 Å². The summed E-state index contributed by atoms with van der Waals surface area (Å²) in [4.78, 5) is 32.3. The minimum absolute atomic E-state index is 0.0635. The summed E-state index contributed by atoms with van der Waals surface area (Å²) in [5.41, 5.74) is 2.72. The number of thiazole rings is 1. The number of aromatic nitrogens is 1. The van der Waals surface area contributed by atoms with Gasteiger partial charge in [-0.3, -0.25) is 14.5 Å². The molecule has 1 saturated carbocycles. The van der Waals surface area contributed by atoms with E-state index >= 15 is 0 Å². The number of hydrogen-bond donors (Lipinski definition) is 2. The van der Waals surface area contributed by atoms with Crippen molar-refractivity contribution in [2.75, 3.05) is 23.7 Å². The number of aryl methyl sites for hydroxylation is 1. The van der Waals surface area contributed by atoms with Crippen molar-refractivity contribution in [3.05, 3.63) is 39.4 Å². The van der Waals surface area contributed by atoms with Crippen molar-refractivity contribution in [3.63, 3.8) is 0 Å². The molecule has 0 atom stereocenters. The third kappa shape index (κ3) is 4.37. The minimum Gasteiger partial charge on any atom is -0.325 e. The Morgan fingerprint density at radius 2 is 2.14 bits per heavy atom. The van der Waals surface area contributed by atoms with Gasteiger partial charge in [0.1, 0.15) is 0 Å². The summed E-state index contributed by atoms with van der Waals surface area (Å²) in [6.07, 6.45) is 3.88. The van der Waals surface area contributed by atoms with Gasteiger partial charge in [-0.05, 0) is 37.5 Å². The van der Waals surface area contributed by atoms with Gasteiger partial charge in [0, 0.05) is 41.0 Å². The molecule has 1 fully saturated rings. The number of halogens is 1. The van der Waals surface area contributed by atoms with Crippen LogP contribution in [0, 0.1) is 12.8 Å². The Kier molecular flexibility index (Phi) is 5.66. The van der Waals surface area contributed by atoms with E-state index in [1.165, 1.54) is 11.3 Å². The second-order valence-corrected chi connectivity index (χ2v) is 8.97. The second kappa shape index (κ2) is 8.19. The zero-order chi connectivity index (χ0) is 19.7. The number of amides is 2. The van der Waals surface area contributed by atoms with Crippen molar-refractivity contribution in [3.8, 4) is 0 Å². The molecule has 4 rings (SSSR count). The summed E-state index contributed by atoms with van der Waals surface area (Å²) in [6, 6.07) is 5.51. The average molecular weight is 419 g/mol. The summed E-state index contributed by atoms with van der Waals surface area (Å²) >= 11 is 7.64. The molecule has 6 nitrogen and oxygen atoms in total. The SMILES string of the molecule is Cc1ccc(NC(=O)CN2CCc3nc(NC(=O)C4CCC4)sc3C2)cc1Cl. The maximum Gasteiger partial charge on any atom is 0.238 e. The van der Waals surface area contributed by atoms with Gasteiger partial charge in [0.25, 0.3) is 0 Å². The first-order chi connectivity index (χ1) is 13.5. The van der Waals surface area contributed by atoms with E-state index in [0.29, 0.717) is 28.9 Å².